The minimum Gasteiger partial charge on any atom is -0.370 e. The number of nitrogens with one attached hydrogen (secondary N) is 1. The van der Waals surface area contributed by atoms with Gasteiger partial charge in [-0.25, -0.2) is 9.89 Å². The van der Waals surface area contributed by atoms with Gasteiger partial charge in [0.15, 0.2) is 5.82 Å². The zero-order valence-electron chi connectivity index (χ0n) is 9.19. The highest BCUT2D eigenvalue weighted by atomic mass is 16.5. The number of rotatable bonds is 3. The third-order valence-electron chi connectivity index (χ3n) is 2.55. The van der Waals surface area contributed by atoms with Crippen molar-refractivity contribution in [3.8, 4) is 0 Å². The molecular weight excluding hydrogens is 194 g/mol. The van der Waals surface area contributed by atoms with Crippen molar-refractivity contribution in [3.05, 3.63) is 16.3 Å². The van der Waals surface area contributed by atoms with Crippen LogP contribution < -0.4 is 5.69 Å². The first-order valence-corrected chi connectivity index (χ1v) is 5.45. The fraction of sp³-hybridized carbons (Fsp3) is 0.800. The third-order valence-corrected chi connectivity index (χ3v) is 2.55. The molecule has 1 aliphatic heterocycles. The maximum absolute atomic E-state index is 11.5. The minimum atomic E-state index is -0.130. The molecule has 0 saturated carbocycles. The molecule has 1 aromatic heterocycles. The van der Waals surface area contributed by atoms with Gasteiger partial charge in [-0.1, -0.05) is 13.8 Å². The Labute approximate surface area is 88.4 Å². The van der Waals surface area contributed by atoms with Crippen LogP contribution in [0.25, 0.3) is 0 Å². The molecule has 0 amide bonds. The molecule has 15 heavy (non-hydrogen) atoms. The zero-order chi connectivity index (χ0) is 10.8. The van der Waals surface area contributed by atoms with Gasteiger partial charge in [-0.05, 0) is 18.8 Å². The Morgan fingerprint density at radius 3 is 3.07 bits per heavy atom. The van der Waals surface area contributed by atoms with Crippen LogP contribution in [0.2, 0.25) is 0 Å². The molecule has 1 atom stereocenters. The Morgan fingerprint density at radius 1 is 1.67 bits per heavy atom. The molecule has 0 spiro atoms. The second-order valence-corrected chi connectivity index (χ2v) is 4.39. The van der Waals surface area contributed by atoms with Crippen LogP contribution >= 0.6 is 0 Å². The van der Waals surface area contributed by atoms with Gasteiger partial charge in [0.25, 0.3) is 0 Å². The first-order valence-electron chi connectivity index (χ1n) is 5.45. The average molecular weight is 211 g/mol. The topological polar surface area (TPSA) is 59.9 Å². The Morgan fingerprint density at radius 2 is 2.47 bits per heavy atom. The van der Waals surface area contributed by atoms with Gasteiger partial charge in [0.1, 0.15) is 6.10 Å². The Hall–Kier alpha value is -1.10. The fourth-order valence-corrected chi connectivity index (χ4v) is 1.90. The second-order valence-electron chi connectivity index (χ2n) is 4.39. The summed E-state index contributed by atoms with van der Waals surface area (Å²) in [6.45, 7) is 5.63. The van der Waals surface area contributed by atoms with Gasteiger partial charge < -0.3 is 4.74 Å². The first kappa shape index (κ1) is 10.4. The van der Waals surface area contributed by atoms with Crippen molar-refractivity contribution in [1.29, 1.82) is 0 Å². The molecule has 2 heterocycles. The van der Waals surface area contributed by atoms with Crippen molar-refractivity contribution in [2.45, 2.75) is 39.3 Å². The quantitative estimate of drug-likeness (QED) is 0.813. The lowest BCUT2D eigenvalue weighted by molar-refractivity contribution is 0.101. The average Bonchev–Trinajstić information content (AvgIpc) is 2.76. The molecule has 1 N–H and O–H groups in total. The number of hydrogen-bond donors (Lipinski definition) is 1. The van der Waals surface area contributed by atoms with Gasteiger partial charge in [-0.2, -0.15) is 5.10 Å². The Kier molecular flexibility index (Phi) is 2.90. The standard InChI is InChI=1S/C10H17N3O2/c1-7(2)6-13-9(11-12-10(13)14)8-4-3-5-15-8/h7-8H,3-6H2,1-2H3,(H,12,14). The van der Waals surface area contributed by atoms with Crippen LogP contribution in [0.3, 0.4) is 0 Å². The van der Waals surface area contributed by atoms with Crippen molar-refractivity contribution in [1.82, 2.24) is 14.8 Å². The molecule has 1 fully saturated rings. The summed E-state index contributed by atoms with van der Waals surface area (Å²) in [6.07, 6.45) is 2.01. The highest BCUT2D eigenvalue weighted by Gasteiger charge is 2.24. The number of aromatic nitrogens is 3. The summed E-state index contributed by atoms with van der Waals surface area (Å²) in [5.74, 6) is 1.19. The highest BCUT2D eigenvalue weighted by molar-refractivity contribution is 4.94. The van der Waals surface area contributed by atoms with Crippen LogP contribution in [-0.4, -0.2) is 21.4 Å². The monoisotopic (exact) mass is 211 g/mol. The third kappa shape index (κ3) is 2.12. The van der Waals surface area contributed by atoms with E-state index in [4.69, 9.17) is 4.74 Å². The van der Waals surface area contributed by atoms with E-state index in [0.29, 0.717) is 12.5 Å². The molecule has 1 aromatic rings. The van der Waals surface area contributed by atoms with Crippen LogP contribution in [0.15, 0.2) is 4.79 Å². The van der Waals surface area contributed by atoms with E-state index in [0.717, 1.165) is 25.3 Å². The number of hydrogen-bond acceptors (Lipinski definition) is 3. The maximum Gasteiger partial charge on any atom is 0.343 e. The van der Waals surface area contributed by atoms with Crippen molar-refractivity contribution in [2.24, 2.45) is 5.92 Å². The zero-order valence-corrected chi connectivity index (χ0v) is 9.19. The van der Waals surface area contributed by atoms with E-state index in [1.54, 1.807) is 4.57 Å². The van der Waals surface area contributed by atoms with E-state index in [9.17, 15) is 4.79 Å². The van der Waals surface area contributed by atoms with E-state index < -0.39 is 0 Å². The lowest BCUT2D eigenvalue weighted by Gasteiger charge is -2.12. The molecule has 0 radical (unpaired) electrons. The molecule has 5 nitrogen and oxygen atoms in total. The lowest BCUT2D eigenvalue weighted by Crippen LogP contribution is -2.22. The molecule has 0 bridgehead atoms. The molecule has 1 unspecified atom stereocenters. The molecule has 84 valence electrons. The molecule has 1 aliphatic rings. The van der Waals surface area contributed by atoms with E-state index in [2.05, 4.69) is 24.0 Å². The second kappa shape index (κ2) is 4.18. The summed E-state index contributed by atoms with van der Waals surface area (Å²) in [5.41, 5.74) is -0.130. The summed E-state index contributed by atoms with van der Waals surface area (Å²) >= 11 is 0. The molecular formula is C10H17N3O2. The van der Waals surface area contributed by atoms with Crippen LogP contribution in [0, 0.1) is 5.92 Å². The van der Waals surface area contributed by atoms with E-state index >= 15 is 0 Å². The summed E-state index contributed by atoms with van der Waals surface area (Å²) < 4.78 is 7.23. The first-order chi connectivity index (χ1) is 7.18. The number of nitrogens with zero attached hydrogens (tertiary/aromatic N) is 2. The molecule has 0 aliphatic carbocycles. The summed E-state index contributed by atoms with van der Waals surface area (Å²) in [6, 6.07) is 0. The largest absolute Gasteiger partial charge is 0.370 e. The van der Waals surface area contributed by atoms with E-state index in [1.165, 1.54) is 0 Å². The molecule has 2 rings (SSSR count). The summed E-state index contributed by atoms with van der Waals surface area (Å²) in [4.78, 5) is 11.5. The molecule has 0 aromatic carbocycles. The predicted octanol–water partition coefficient (Wildman–Crippen LogP) is 1.08. The van der Waals surface area contributed by atoms with Gasteiger partial charge in [0, 0.05) is 13.2 Å². The van der Waals surface area contributed by atoms with Gasteiger partial charge >= 0.3 is 5.69 Å². The van der Waals surface area contributed by atoms with Crippen molar-refractivity contribution >= 4 is 0 Å². The van der Waals surface area contributed by atoms with Gasteiger partial charge in [0.05, 0.1) is 0 Å². The SMILES string of the molecule is CC(C)Cn1c(C2CCCO2)n[nH]c1=O. The van der Waals surface area contributed by atoms with E-state index in [-0.39, 0.29) is 11.8 Å². The number of H-pyrrole nitrogens is 1. The molecule has 5 heteroatoms. The van der Waals surface area contributed by atoms with Crippen LogP contribution in [0.5, 0.6) is 0 Å². The maximum atomic E-state index is 11.5. The lowest BCUT2D eigenvalue weighted by atomic mass is 10.2. The van der Waals surface area contributed by atoms with Crippen LogP contribution in [0.1, 0.15) is 38.6 Å². The van der Waals surface area contributed by atoms with Gasteiger partial charge in [0.2, 0.25) is 0 Å². The number of ether oxygens (including phenoxy) is 1. The summed E-state index contributed by atoms with van der Waals surface area (Å²) in [5, 5.41) is 6.55. The van der Waals surface area contributed by atoms with Crippen molar-refractivity contribution in [3.63, 3.8) is 0 Å². The van der Waals surface area contributed by atoms with Crippen molar-refractivity contribution < 1.29 is 4.74 Å². The predicted molar refractivity (Wildman–Crippen MR) is 55.6 cm³/mol. The van der Waals surface area contributed by atoms with Crippen molar-refractivity contribution in [2.75, 3.05) is 6.61 Å². The summed E-state index contributed by atoms with van der Waals surface area (Å²) in [7, 11) is 0. The normalized spacial score (nSPS) is 21.4. The van der Waals surface area contributed by atoms with Crippen LogP contribution in [0.4, 0.5) is 0 Å². The minimum absolute atomic E-state index is 0.00250. The molecule has 1 saturated heterocycles. The Balaban J connectivity index is 2.26. The van der Waals surface area contributed by atoms with Gasteiger partial charge in [-0.3, -0.25) is 4.57 Å². The smallest absolute Gasteiger partial charge is 0.343 e. The van der Waals surface area contributed by atoms with E-state index in [1.807, 2.05) is 0 Å². The van der Waals surface area contributed by atoms with Gasteiger partial charge in [-0.15, -0.1) is 0 Å². The highest BCUT2D eigenvalue weighted by Crippen LogP contribution is 2.26. The Bertz CT molecular complexity index is 374. The van der Waals surface area contributed by atoms with Crippen LogP contribution in [-0.2, 0) is 11.3 Å². The fourth-order valence-electron chi connectivity index (χ4n) is 1.90. The number of aromatic amines is 1.